The van der Waals surface area contributed by atoms with Gasteiger partial charge in [-0.05, 0) is 31.2 Å². The molecular weight excluding hydrogens is 282 g/mol. The third kappa shape index (κ3) is 3.64. The summed E-state index contributed by atoms with van der Waals surface area (Å²) in [5.74, 6) is -0.0510. The van der Waals surface area contributed by atoms with Gasteiger partial charge in [0.25, 0.3) is 0 Å². The van der Waals surface area contributed by atoms with Crippen LogP contribution in [0.2, 0.25) is 0 Å². The lowest BCUT2D eigenvalue weighted by Crippen LogP contribution is -2.13. The number of alkyl halides is 1. The molecule has 1 aromatic carbocycles. The maximum atomic E-state index is 11.2. The molecule has 0 spiro atoms. The van der Waals surface area contributed by atoms with Crippen molar-refractivity contribution in [1.29, 1.82) is 0 Å². The molecule has 0 aliphatic heterocycles. The van der Waals surface area contributed by atoms with Gasteiger partial charge in [-0.15, -0.1) is 0 Å². The molecule has 0 bridgehead atoms. The summed E-state index contributed by atoms with van der Waals surface area (Å²) in [5, 5.41) is 0. The average Bonchev–Trinajstić information content (AvgIpc) is 2.18. The van der Waals surface area contributed by atoms with Gasteiger partial charge in [0, 0.05) is 11.3 Å². The van der Waals surface area contributed by atoms with Gasteiger partial charge in [0.1, 0.15) is 4.66 Å². The number of ketones is 1. The number of benzene rings is 1. The summed E-state index contributed by atoms with van der Waals surface area (Å²) in [5.41, 5.74) is 0.997. The second-order valence-corrected chi connectivity index (χ2v) is 5.98. The van der Waals surface area contributed by atoms with Crippen LogP contribution in [0.4, 0.5) is 5.69 Å². The third-order valence-electron chi connectivity index (χ3n) is 1.71. The maximum absolute atomic E-state index is 11.2. The van der Waals surface area contributed by atoms with E-state index in [0.717, 1.165) is 0 Å². The van der Waals surface area contributed by atoms with E-state index >= 15 is 0 Å². The molecule has 0 saturated heterocycles. The molecule has 0 fully saturated rings. The summed E-state index contributed by atoms with van der Waals surface area (Å²) < 4.78 is 24.5. The highest BCUT2D eigenvalue weighted by Gasteiger charge is 2.07. The Hall–Kier alpha value is -0.880. The molecule has 0 atom stereocenters. The van der Waals surface area contributed by atoms with Gasteiger partial charge in [-0.25, -0.2) is 8.42 Å². The maximum Gasteiger partial charge on any atom is 0.242 e. The number of Topliss-reactive ketones (excluding diaryl/α,β-unsaturated/α-hetero) is 1. The van der Waals surface area contributed by atoms with Crippen molar-refractivity contribution in [2.45, 2.75) is 6.92 Å². The minimum absolute atomic E-state index is 0.0510. The van der Waals surface area contributed by atoms with Crippen LogP contribution in [0.15, 0.2) is 24.3 Å². The van der Waals surface area contributed by atoms with E-state index < -0.39 is 10.0 Å². The zero-order valence-electron chi connectivity index (χ0n) is 8.03. The SMILES string of the molecule is CC(=O)c1ccc(NS(=O)(=O)CBr)cc1. The van der Waals surface area contributed by atoms with Crippen molar-refractivity contribution < 1.29 is 13.2 Å². The summed E-state index contributed by atoms with van der Waals surface area (Å²) in [6.45, 7) is 1.46. The van der Waals surface area contributed by atoms with Crippen molar-refractivity contribution in [3.05, 3.63) is 29.8 Å². The smallest absolute Gasteiger partial charge is 0.242 e. The zero-order valence-corrected chi connectivity index (χ0v) is 10.4. The molecule has 6 heteroatoms. The molecule has 1 aromatic rings. The number of carbonyl (C=O) groups excluding carboxylic acids is 1. The van der Waals surface area contributed by atoms with Gasteiger partial charge in [0.05, 0.1) is 0 Å². The van der Waals surface area contributed by atoms with E-state index in [2.05, 4.69) is 20.7 Å². The van der Waals surface area contributed by atoms with Crippen LogP contribution in [-0.4, -0.2) is 18.9 Å². The summed E-state index contributed by atoms with van der Waals surface area (Å²) in [7, 11) is -3.32. The van der Waals surface area contributed by atoms with E-state index in [4.69, 9.17) is 0 Å². The lowest BCUT2D eigenvalue weighted by Gasteiger charge is -2.05. The highest BCUT2D eigenvalue weighted by molar-refractivity contribution is 9.10. The van der Waals surface area contributed by atoms with Crippen molar-refractivity contribution in [2.75, 3.05) is 9.38 Å². The Morgan fingerprint density at radius 1 is 1.33 bits per heavy atom. The Kier molecular flexibility index (Phi) is 3.87. The van der Waals surface area contributed by atoms with Gasteiger partial charge in [0.15, 0.2) is 5.78 Å². The van der Waals surface area contributed by atoms with Crippen molar-refractivity contribution in [2.24, 2.45) is 0 Å². The van der Waals surface area contributed by atoms with Gasteiger partial charge in [-0.1, -0.05) is 15.9 Å². The first kappa shape index (κ1) is 12.2. The molecule has 0 aromatic heterocycles. The third-order valence-corrected chi connectivity index (χ3v) is 4.35. The molecule has 82 valence electrons. The van der Waals surface area contributed by atoms with Crippen LogP contribution < -0.4 is 4.72 Å². The predicted octanol–water partition coefficient (Wildman–Crippen LogP) is 1.98. The number of hydrogen-bond acceptors (Lipinski definition) is 3. The van der Waals surface area contributed by atoms with Crippen LogP contribution in [0, 0.1) is 0 Å². The fourth-order valence-electron chi connectivity index (χ4n) is 0.980. The van der Waals surface area contributed by atoms with Crippen molar-refractivity contribution >= 4 is 37.4 Å². The molecular formula is C9H10BrNO3S. The number of sulfonamides is 1. The molecule has 15 heavy (non-hydrogen) atoms. The zero-order chi connectivity index (χ0) is 11.5. The molecule has 0 aliphatic carbocycles. The normalized spacial score (nSPS) is 11.1. The first-order chi connectivity index (χ1) is 6.94. The lowest BCUT2D eigenvalue weighted by molar-refractivity contribution is 0.101. The number of anilines is 1. The molecule has 0 heterocycles. The highest BCUT2D eigenvalue weighted by Crippen LogP contribution is 2.12. The number of hydrogen-bond donors (Lipinski definition) is 1. The number of halogens is 1. The average molecular weight is 292 g/mol. The standard InChI is InChI=1S/C9H10BrNO3S/c1-7(12)8-2-4-9(5-3-8)11-15(13,14)6-10/h2-5,11H,6H2,1H3. The Balaban J connectivity index is 2.86. The Morgan fingerprint density at radius 2 is 1.87 bits per heavy atom. The summed E-state index contributed by atoms with van der Waals surface area (Å²) in [6, 6.07) is 6.26. The first-order valence-electron chi connectivity index (χ1n) is 4.12. The van der Waals surface area contributed by atoms with Crippen LogP contribution in [0.1, 0.15) is 17.3 Å². The summed E-state index contributed by atoms with van der Waals surface area (Å²) in [6.07, 6.45) is 0. The molecule has 1 rings (SSSR count). The highest BCUT2D eigenvalue weighted by atomic mass is 79.9. The summed E-state index contributed by atoms with van der Waals surface area (Å²) in [4.78, 5) is 11.0. The quantitative estimate of drug-likeness (QED) is 0.682. The molecule has 4 nitrogen and oxygen atoms in total. The first-order valence-corrected chi connectivity index (χ1v) is 6.89. The fourth-order valence-corrected chi connectivity index (χ4v) is 1.87. The minimum atomic E-state index is -3.32. The molecule has 1 N–H and O–H groups in total. The number of nitrogens with one attached hydrogen (secondary N) is 1. The van der Waals surface area contributed by atoms with E-state index in [1.54, 1.807) is 24.3 Å². The van der Waals surface area contributed by atoms with E-state index in [0.29, 0.717) is 11.3 Å². The number of rotatable bonds is 4. The van der Waals surface area contributed by atoms with Crippen LogP contribution in [0.25, 0.3) is 0 Å². The largest absolute Gasteiger partial charge is 0.295 e. The number of carbonyl (C=O) groups is 1. The predicted molar refractivity (Wildman–Crippen MR) is 62.8 cm³/mol. The minimum Gasteiger partial charge on any atom is -0.295 e. The Bertz CT molecular complexity index is 453. The van der Waals surface area contributed by atoms with E-state index in [9.17, 15) is 13.2 Å². The van der Waals surface area contributed by atoms with Gasteiger partial charge in [-0.2, -0.15) is 0 Å². The Morgan fingerprint density at radius 3 is 2.27 bits per heavy atom. The van der Waals surface area contributed by atoms with Gasteiger partial charge >= 0.3 is 0 Å². The van der Waals surface area contributed by atoms with Crippen LogP contribution in [0.5, 0.6) is 0 Å². The molecule has 0 saturated carbocycles. The lowest BCUT2D eigenvalue weighted by atomic mass is 10.1. The van der Waals surface area contributed by atoms with Crippen molar-refractivity contribution in [3.8, 4) is 0 Å². The second-order valence-electron chi connectivity index (χ2n) is 2.96. The summed E-state index contributed by atoms with van der Waals surface area (Å²) >= 11 is 2.86. The fraction of sp³-hybridized carbons (Fsp3) is 0.222. The molecule has 0 unspecified atom stereocenters. The Labute approximate surface area is 96.9 Å². The molecule has 0 radical (unpaired) electrons. The second kappa shape index (κ2) is 4.76. The topological polar surface area (TPSA) is 63.2 Å². The van der Waals surface area contributed by atoms with Crippen LogP contribution in [-0.2, 0) is 10.0 Å². The van der Waals surface area contributed by atoms with Crippen LogP contribution >= 0.6 is 15.9 Å². The molecule has 0 amide bonds. The van der Waals surface area contributed by atoms with Crippen LogP contribution in [0.3, 0.4) is 0 Å². The van der Waals surface area contributed by atoms with E-state index in [-0.39, 0.29) is 10.4 Å². The molecule has 0 aliphatic rings. The van der Waals surface area contributed by atoms with E-state index in [1.807, 2.05) is 0 Å². The van der Waals surface area contributed by atoms with E-state index in [1.165, 1.54) is 6.92 Å². The monoisotopic (exact) mass is 291 g/mol. The van der Waals surface area contributed by atoms with Gasteiger partial charge in [-0.3, -0.25) is 9.52 Å². The van der Waals surface area contributed by atoms with Crippen molar-refractivity contribution in [3.63, 3.8) is 0 Å². The van der Waals surface area contributed by atoms with Gasteiger partial charge in [0.2, 0.25) is 10.0 Å². The van der Waals surface area contributed by atoms with Crippen molar-refractivity contribution in [1.82, 2.24) is 0 Å². The van der Waals surface area contributed by atoms with Gasteiger partial charge < -0.3 is 0 Å².